The fourth-order valence-corrected chi connectivity index (χ4v) is 4.37. The summed E-state index contributed by atoms with van der Waals surface area (Å²) in [6.45, 7) is 2.44. The maximum absolute atomic E-state index is 11.9. The monoisotopic (exact) mass is 431 g/mol. The van der Waals surface area contributed by atoms with Gasteiger partial charge < -0.3 is 19.9 Å². The van der Waals surface area contributed by atoms with Crippen LogP contribution < -0.4 is 15.4 Å². The summed E-state index contributed by atoms with van der Waals surface area (Å²) in [5, 5.41) is 16.9. The first-order valence-electron chi connectivity index (χ1n) is 10.9. The molecule has 2 aromatic carbocycles. The molecular weight excluding hydrogens is 406 g/mol. The van der Waals surface area contributed by atoms with Crippen LogP contribution in [0.2, 0.25) is 0 Å². The highest BCUT2D eigenvalue weighted by molar-refractivity contribution is 5.88. The summed E-state index contributed by atoms with van der Waals surface area (Å²) < 4.78 is 11.3. The molecule has 164 valence electrons. The maximum atomic E-state index is 11.9. The van der Waals surface area contributed by atoms with E-state index in [0.29, 0.717) is 35.3 Å². The molecule has 7 nitrogen and oxygen atoms in total. The van der Waals surface area contributed by atoms with E-state index in [-0.39, 0.29) is 12.4 Å². The number of fused-ring (bicyclic) bond motifs is 1. The quantitative estimate of drug-likeness (QED) is 0.548. The zero-order chi connectivity index (χ0) is 21.9. The number of carbonyl (C=O) groups excluding carboxylic acids is 1. The van der Waals surface area contributed by atoms with E-state index >= 15 is 0 Å². The molecule has 1 amide bonds. The lowest BCUT2D eigenvalue weighted by molar-refractivity contribution is 0.150. The Morgan fingerprint density at radius 2 is 1.91 bits per heavy atom. The van der Waals surface area contributed by atoms with Gasteiger partial charge in [-0.2, -0.15) is 0 Å². The number of piperidine rings is 1. The molecule has 0 saturated carbocycles. The minimum Gasteiger partial charge on any atom is -0.507 e. The van der Waals surface area contributed by atoms with Crippen LogP contribution in [0.15, 0.2) is 54.6 Å². The lowest BCUT2D eigenvalue weighted by Crippen LogP contribution is -2.29. The summed E-state index contributed by atoms with van der Waals surface area (Å²) in [7, 11) is 0. The third-order valence-electron chi connectivity index (χ3n) is 6.00. The maximum Gasteiger partial charge on any atom is 0.413 e. The summed E-state index contributed by atoms with van der Waals surface area (Å²) in [6.07, 6.45) is 1.46. The molecule has 5 rings (SSSR count). The number of nitrogens with zero attached hydrogens (tertiary/aromatic N) is 1. The number of phenols is 1. The fourth-order valence-electron chi connectivity index (χ4n) is 4.37. The number of ether oxygens (including phenoxy) is 2. The minimum absolute atomic E-state index is 0.0812. The van der Waals surface area contributed by atoms with E-state index in [1.807, 2.05) is 42.5 Å². The molecule has 0 aliphatic carbocycles. The topological polar surface area (TPSA) is 92.7 Å². The van der Waals surface area contributed by atoms with Gasteiger partial charge in [0.05, 0.1) is 11.3 Å². The Morgan fingerprint density at radius 1 is 1.09 bits per heavy atom. The number of aromatic hydroxyl groups is 1. The van der Waals surface area contributed by atoms with Gasteiger partial charge >= 0.3 is 6.09 Å². The van der Waals surface area contributed by atoms with Crippen LogP contribution in [0.5, 0.6) is 11.5 Å². The number of hydrogen-bond donors (Lipinski definition) is 3. The summed E-state index contributed by atoms with van der Waals surface area (Å²) in [4.78, 5) is 16.6. The molecule has 1 fully saturated rings. The molecular formula is C25H25N3O4. The van der Waals surface area contributed by atoms with Crippen molar-refractivity contribution in [1.82, 2.24) is 10.3 Å². The number of nitrogens with one attached hydrogen (secondary N) is 2. The van der Waals surface area contributed by atoms with Crippen molar-refractivity contribution in [1.29, 1.82) is 0 Å². The second-order valence-electron chi connectivity index (χ2n) is 8.07. The molecule has 0 unspecified atom stereocenters. The van der Waals surface area contributed by atoms with Gasteiger partial charge in [0.2, 0.25) is 0 Å². The Hall–Kier alpha value is -3.58. The fraction of sp³-hybridized carbons (Fsp3) is 0.280. The molecule has 0 radical (unpaired) electrons. The van der Waals surface area contributed by atoms with Gasteiger partial charge in [0.15, 0.2) is 0 Å². The molecule has 3 N–H and O–H groups in total. The lowest BCUT2D eigenvalue weighted by atomic mass is 9.86. The van der Waals surface area contributed by atoms with Crippen molar-refractivity contribution in [2.24, 2.45) is 0 Å². The Labute approximate surface area is 186 Å². The second kappa shape index (κ2) is 8.88. The van der Waals surface area contributed by atoms with Crippen LogP contribution in [0.3, 0.4) is 0 Å². The molecule has 0 bridgehead atoms. The van der Waals surface area contributed by atoms with Crippen molar-refractivity contribution in [3.63, 3.8) is 0 Å². The van der Waals surface area contributed by atoms with Crippen molar-refractivity contribution < 1.29 is 19.4 Å². The van der Waals surface area contributed by atoms with E-state index in [1.54, 1.807) is 12.1 Å². The molecule has 1 aromatic heterocycles. The van der Waals surface area contributed by atoms with E-state index in [1.165, 1.54) is 0 Å². The zero-order valence-corrected chi connectivity index (χ0v) is 17.6. The number of aromatic nitrogens is 1. The molecule has 32 heavy (non-hydrogen) atoms. The highest BCUT2D eigenvalue weighted by Gasteiger charge is 2.28. The van der Waals surface area contributed by atoms with Crippen molar-refractivity contribution in [2.75, 3.05) is 18.4 Å². The number of anilines is 1. The van der Waals surface area contributed by atoms with Gasteiger partial charge in [-0.3, -0.25) is 5.32 Å². The van der Waals surface area contributed by atoms with Gasteiger partial charge in [0.25, 0.3) is 0 Å². The lowest BCUT2D eigenvalue weighted by Gasteiger charge is -2.28. The van der Waals surface area contributed by atoms with Crippen LogP contribution in [0.25, 0.3) is 11.3 Å². The van der Waals surface area contributed by atoms with Gasteiger partial charge in [0, 0.05) is 5.56 Å². The van der Waals surface area contributed by atoms with Crippen LogP contribution in [0.1, 0.15) is 35.4 Å². The SMILES string of the molecule is O=C1Nc2nc(-c3c(O)cccc3OCc3ccccc3)cc(C3CCNCC3)c2CO1. The van der Waals surface area contributed by atoms with Crippen LogP contribution in [0.4, 0.5) is 10.6 Å². The van der Waals surface area contributed by atoms with Crippen LogP contribution >= 0.6 is 0 Å². The predicted octanol–water partition coefficient (Wildman–Crippen LogP) is 4.56. The smallest absolute Gasteiger partial charge is 0.413 e. The molecule has 2 aliphatic heterocycles. The van der Waals surface area contributed by atoms with Gasteiger partial charge in [-0.15, -0.1) is 0 Å². The normalized spacial score (nSPS) is 16.1. The van der Waals surface area contributed by atoms with Crippen LogP contribution in [-0.4, -0.2) is 29.3 Å². The molecule has 2 aliphatic rings. The summed E-state index contributed by atoms with van der Waals surface area (Å²) in [5.74, 6) is 1.43. The third kappa shape index (κ3) is 4.11. The average molecular weight is 431 g/mol. The van der Waals surface area contributed by atoms with Crippen LogP contribution in [0, 0.1) is 0 Å². The van der Waals surface area contributed by atoms with E-state index in [9.17, 15) is 9.90 Å². The summed E-state index contributed by atoms with van der Waals surface area (Å²) in [6, 6.07) is 17.1. The molecule has 0 spiro atoms. The van der Waals surface area contributed by atoms with E-state index in [2.05, 4.69) is 10.6 Å². The van der Waals surface area contributed by atoms with Gasteiger partial charge in [-0.25, -0.2) is 9.78 Å². The predicted molar refractivity (Wildman–Crippen MR) is 121 cm³/mol. The number of rotatable bonds is 5. The van der Waals surface area contributed by atoms with E-state index in [0.717, 1.165) is 42.6 Å². The van der Waals surface area contributed by atoms with Crippen molar-refractivity contribution in [2.45, 2.75) is 32.0 Å². The minimum atomic E-state index is -0.517. The largest absolute Gasteiger partial charge is 0.507 e. The molecule has 3 heterocycles. The van der Waals surface area contributed by atoms with Gasteiger partial charge in [-0.1, -0.05) is 36.4 Å². The number of amides is 1. The second-order valence-corrected chi connectivity index (χ2v) is 8.07. The average Bonchev–Trinajstić information content (AvgIpc) is 2.83. The van der Waals surface area contributed by atoms with Crippen molar-refractivity contribution in [3.8, 4) is 22.8 Å². The highest BCUT2D eigenvalue weighted by Crippen LogP contribution is 2.42. The van der Waals surface area contributed by atoms with E-state index in [4.69, 9.17) is 14.5 Å². The third-order valence-corrected chi connectivity index (χ3v) is 6.00. The van der Waals surface area contributed by atoms with Gasteiger partial charge in [-0.05, 0) is 61.2 Å². The zero-order valence-electron chi connectivity index (χ0n) is 17.6. The van der Waals surface area contributed by atoms with Crippen molar-refractivity contribution in [3.05, 3.63) is 71.3 Å². The molecule has 1 saturated heterocycles. The number of pyridine rings is 1. The number of cyclic esters (lactones) is 1. The molecule has 7 heteroatoms. The number of benzene rings is 2. The Kier molecular flexibility index (Phi) is 5.64. The first-order valence-corrected chi connectivity index (χ1v) is 10.9. The molecule has 0 atom stereocenters. The first kappa shape index (κ1) is 20.3. The standard InChI is InChI=1S/C25H25N3O4/c29-21-7-4-8-22(31-14-16-5-2-1-3-6-16)23(21)20-13-18(17-9-11-26-12-10-17)19-15-32-25(30)28-24(19)27-20/h1-8,13,17,26,29H,9-12,14-15H2,(H,27,28,30). The number of hydrogen-bond acceptors (Lipinski definition) is 6. The molecule has 3 aromatic rings. The number of phenolic OH excluding ortho intramolecular Hbond substituents is 1. The first-order chi connectivity index (χ1) is 15.7. The van der Waals surface area contributed by atoms with Crippen molar-refractivity contribution >= 4 is 11.9 Å². The summed E-state index contributed by atoms with van der Waals surface area (Å²) >= 11 is 0. The highest BCUT2D eigenvalue weighted by atomic mass is 16.5. The van der Waals surface area contributed by atoms with E-state index < -0.39 is 6.09 Å². The Bertz CT molecular complexity index is 1130. The van der Waals surface area contributed by atoms with Gasteiger partial charge in [0.1, 0.15) is 30.5 Å². The number of carbonyl (C=O) groups is 1. The Morgan fingerprint density at radius 3 is 2.72 bits per heavy atom. The Balaban J connectivity index is 1.57. The summed E-state index contributed by atoms with van der Waals surface area (Å²) in [5.41, 5.74) is 4.12. The van der Waals surface area contributed by atoms with Crippen LogP contribution in [-0.2, 0) is 18.0 Å².